The highest BCUT2D eigenvalue weighted by atomic mass is 32.2. The Hall–Kier alpha value is -2.41. The number of nitrogens with zero attached hydrogens (tertiary/aromatic N) is 3. The van der Waals surface area contributed by atoms with Gasteiger partial charge in [0.2, 0.25) is 10.0 Å². The third-order valence-corrected chi connectivity index (χ3v) is 8.12. The zero-order valence-corrected chi connectivity index (χ0v) is 19.1. The fourth-order valence-electron chi connectivity index (χ4n) is 4.28. The molecule has 6 heteroatoms. The van der Waals surface area contributed by atoms with Gasteiger partial charge in [-0.1, -0.05) is 48.0 Å². The van der Waals surface area contributed by atoms with Crippen molar-refractivity contribution in [1.82, 2.24) is 13.8 Å². The Morgan fingerprint density at radius 3 is 2.23 bits per heavy atom. The SMILES string of the molecule is Cc1ccc(S(=O)(=O)N(Cc2cccn2C)C2CCN(Cc3ccccc3)CC2)cc1. The molecule has 4 rings (SSSR count). The molecule has 31 heavy (non-hydrogen) atoms. The number of hydrogen-bond donors (Lipinski definition) is 0. The molecular weight excluding hydrogens is 406 g/mol. The van der Waals surface area contributed by atoms with Crippen molar-refractivity contribution < 1.29 is 8.42 Å². The van der Waals surface area contributed by atoms with E-state index < -0.39 is 10.0 Å². The molecule has 0 bridgehead atoms. The average molecular weight is 438 g/mol. The van der Waals surface area contributed by atoms with Crippen LogP contribution >= 0.6 is 0 Å². The van der Waals surface area contributed by atoms with Crippen LogP contribution in [0.1, 0.15) is 29.7 Å². The summed E-state index contributed by atoms with van der Waals surface area (Å²) >= 11 is 0. The van der Waals surface area contributed by atoms with Gasteiger partial charge in [0.05, 0.1) is 11.4 Å². The first-order valence-electron chi connectivity index (χ1n) is 10.9. The lowest BCUT2D eigenvalue weighted by Gasteiger charge is -2.38. The molecule has 0 spiro atoms. The predicted molar refractivity (Wildman–Crippen MR) is 124 cm³/mol. The highest BCUT2D eigenvalue weighted by molar-refractivity contribution is 7.89. The van der Waals surface area contributed by atoms with Crippen LogP contribution in [0.4, 0.5) is 0 Å². The minimum atomic E-state index is -3.59. The van der Waals surface area contributed by atoms with E-state index in [1.165, 1.54) is 5.56 Å². The quantitative estimate of drug-likeness (QED) is 0.557. The number of aryl methyl sites for hydroxylation is 2. The van der Waals surface area contributed by atoms with E-state index in [1.807, 2.05) is 55.1 Å². The van der Waals surface area contributed by atoms with Crippen molar-refractivity contribution in [2.45, 2.75) is 43.8 Å². The molecule has 0 radical (unpaired) electrons. The van der Waals surface area contributed by atoms with E-state index in [2.05, 4.69) is 29.2 Å². The summed E-state index contributed by atoms with van der Waals surface area (Å²) < 4.78 is 31.0. The standard InChI is InChI=1S/C25H31N3O2S/c1-21-10-12-25(13-11-21)31(29,30)28(20-24-9-6-16-26(24)2)23-14-17-27(18-15-23)19-22-7-4-3-5-8-22/h3-13,16,23H,14-15,17-20H2,1-2H3. The van der Waals surface area contributed by atoms with Crippen molar-refractivity contribution in [3.63, 3.8) is 0 Å². The minimum Gasteiger partial charge on any atom is -0.353 e. The lowest BCUT2D eigenvalue weighted by molar-refractivity contribution is 0.149. The van der Waals surface area contributed by atoms with Crippen molar-refractivity contribution in [3.8, 4) is 0 Å². The smallest absolute Gasteiger partial charge is 0.243 e. The molecule has 5 nitrogen and oxygen atoms in total. The van der Waals surface area contributed by atoms with Crippen LogP contribution < -0.4 is 0 Å². The molecule has 0 unspecified atom stereocenters. The van der Waals surface area contributed by atoms with Crippen LogP contribution in [0.3, 0.4) is 0 Å². The Balaban J connectivity index is 1.53. The summed E-state index contributed by atoms with van der Waals surface area (Å²) in [5.41, 5.74) is 3.36. The molecule has 0 aliphatic carbocycles. The number of rotatable bonds is 7. The molecule has 2 aromatic carbocycles. The summed E-state index contributed by atoms with van der Waals surface area (Å²) in [4.78, 5) is 2.80. The Bertz CT molecular complexity index is 1080. The Morgan fingerprint density at radius 2 is 1.61 bits per heavy atom. The molecule has 3 aromatic rings. The van der Waals surface area contributed by atoms with Gasteiger partial charge < -0.3 is 4.57 Å². The lowest BCUT2D eigenvalue weighted by Crippen LogP contribution is -2.47. The molecule has 1 aliphatic heterocycles. The number of hydrogen-bond acceptors (Lipinski definition) is 3. The average Bonchev–Trinajstić information content (AvgIpc) is 3.18. The monoisotopic (exact) mass is 437 g/mol. The van der Waals surface area contributed by atoms with Gasteiger partial charge in [-0.15, -0.1) is 0 Å². The van der Waals surface area contributed by atoms with Crippen LogP contribution in [-0.2, 0) is 30.2 Å². The molecule has 1 aromatic heterocycles. The van der Waals surface area contributed by atoms with Gasteiger partial charge in [0.25, 0.3) is 0 Å². The first-order valence-corrected chi connectivity index (χ1v) is 12.3. The number of aromatic nitrogens is 1. The van der Waals surface area contributed by atoms with Crippen molar-refractivity contribution >= 4 is 10.0 Å². The van der Waals surface area contributed by atoms with Crippen LogP contribution in [0.15, 0.2) is 77.8 Å². The first kappa shape index (κ1) is 21.8. The maximum Gasteiger partial charge on any atom is 0.243 e. The summed E-state index contributed by atoms with van der Waals surface area (Å²) in [6.45, 7) is 5.07. The third-order valence-electron chi connectivity index (χ3n) is 6.21. The number of sulfonamides is 1. The molecule has 0 amide bonds. The maximum atomic E-state index is 13.7. The van der Waals surface area contributed by atoms with Gasteiger partial charge in [-0.3, -0.25) is 4.90 Å². The van der Waals surface area contributed by atoms with Crippen molar-refractivity contribution in [2.24, 2.45) is 7.05 Å². The van der Waals surface area contributed by atoms with Gasteiger partial charge in [-0.05, 0) is 49.6 Å². The summed E-state index contributed by atoms with van der Waals surface area (Å²) in [5, 5.41) is 0. The van der Waals surface area contributed by atoms with Gasteiger partial charge in [0.15, 0.2) is 0 Å². The van der Waals surface area contributed by atoms with Gasteiger partial charge in [-0.25, -0.2) is 8.42 Å². The van der Waals surface area contributed by atoms with Gasteiger partial charge in [-0.2, -0.15) is 4.31 Å². The fraction of sp³-hybridized carbons (Fsp3) is 0.360. The largest absolute Gasteiger partial charge is 0.353 e. The molecule has 2 heterocycles. The van der Waals surface area contributed by atoms with E-state index >= 15 is 0 Å². The van der Waals surface area contributed by atoms with E-state index in [9.17, 15) is 8.42 Å². The fourth-order valence-corrected chi connectivity index (χ4v) is 5.94. The third kappa shape index (κ3) is 5.09. The first-order chi connectivity index (χ1) is 14.9. The minimum absolute atomic E-state index is 0.00627. The Morgan fingerprint density at radius 1 is 0.935 bits per heavy atom. The van der Waals surface area contributed by atoms with Crippen molar-refractivity contribution in [2.75, 3.05) is 13.1 Å². The molecule has 0 saturated carbocycles. The van der Waals surface area contributed by atoms with Crippen LogP contribution in [0.25, 0.3) is 0 Å². The van der Waals surface area contributed by atoms with Gasteiger partial charge >= 0.3 is 0 Å². The van der Waals surface area contributed by atoms with Crippen molar-refractivity contribution in [1.29, 1.82) is 0 Å². The van der Waals surface area contributed by atoms with Crippen LogP contribution in [0.2, 0.25) is 0 Å². The highest BCUT2D eigenvalue weighted by Crippen LogP contribution is 2.27. The molecular formula is C25H31N3O2S. The summed E-state index contributed by atoms with van der Waals surface area (Å²) in [5.74, 6) is 0. The second-order valence-electron chi connectivity index (χ2n) is 8.47. The molecule has 0 N–H and O–H groups in total. The molecule has 1 saturated heterocycles. The topological polar surface area (TPSA) is 45.6 Å². The number of piperidine rings is 1. The molecule has 1 aliphatic rings. The van der Waals surface area contributed by atoms with Crippen LogP contribution in [0, 0.1) is 6.92 Å². The molecule has 1 fully saturated rings. The Kier molecular flexibility index (Phi) is 6.60. The predicted octanol–water partition coefficient (Wildman–Crippen LogP) is 4.19. The summed E-state index contributed by atoms with van der Waals surface area (Å²) in [7, 11) is -1.62. The zero-order valence-electron chi connectivity index (χ0n) is 18.3. The van der Waals surface area contributed by atoms with E-state index in [0.717, 1.165) is 43.7 Å². The highest BCUT2D eigenvalue weighted by Gasteiger charge is 2.34. The summed E-state index contributed by atoms with van der Waals surface area (Å²) in [6, 6.07) is 21.6. The maximum absolute atomic E-state index is 13.7. The summed E-state index contributed by atoms with van der Waals surface area (Å²) in [6.07, 6.45) is 3.64. The second-order valence-corrected chi connectivity index (χ2v) is 10.4. The normalized spacial score (nSPS) is 16.1. The number of benzene rings is 2. The molecule has 164 valence electrons. The van der Waals surface area contributed by atoms with Crippen LogP contribution in [0.5, 0.6) is 0 Å². The number of likely N-dealkylation sites (tertiary alicyclic amines) is 1. The van der Waals surface area contributed by atoms with Crippen molar-refractivity contribution in [3.05, 3.63) is 89.7 Å². The van der Waals surface area contributed by atoms with E-state index in [-0.39, 0.29) is 6.04 Å². The van der Waals surface area contributed by atoms with E-state index in [4.69, 9.17) is 0 Å². The van der Waals surface area contributed by atoms with Gasteiger partial charge in [0.1, 0.15) is 0 Å². The van der Waals surface area contributed by atoms with E-state index in [0.29, 0.717) is 11.4 Å². The van der Waals surface area contributed by atoms with E-state index in [1.54, 1.807) is 16.4 Å². The zero-order chi connectivity index (χ0) is 21.8. The van der Waals surface area contributed by atoms with Crippen LogP contribution in [-0.4, -0.2) is 41.3 Å². The molecule has 0 atom stereocenters. The van der Waals surface area contributed by atoms with Gasteiger partial charge in [0, 0.05) is 44.6 Å². The Labute approximate surface area is 186 Å². The second kappa shape index (κ2) is 9.39. The lowest BCUT2D eigenvalue weighted by atomic mass is 10.0.